The van der Waals surface area contributed by atoms with Crippen molar-refractivity contribution in [2.75, 3.05) is 26.7 Å². The zero-order chi connectivity index (χ0) is 22.0. The van der Waals surface area contributed by atoms with Gasteiger partial charge in [0.05, 0.1) is 13.2 Å². The molecule has 0 saturated carbocycles. The van der Waals surface area contributed by atoms with Crippen LogP contribution in [-0.2, 0) is 4.79 Å². The summed E-state index contributed by atoms with van der Waals surface area (Å²) in [4.78, 5) is 28.4. The summed E-state index contributed by atoms with van der Waals surface area (Å²) in [5.41, 5.74) is 1.97. The third kappa shape index (κ3) is 4.35. The normalized spacial score (nSPS) is 19.5. The standard InChI is InChI=1S/C22H28N4O5/c1-14-21(24-31-23-14)18-5-4-10-26(18)22(28)16-6-7-19(20(13-16)29-3)30-17-8-11-25(12-9-17)15(2)27/h6-7,13,17-18H,4-5,8-12H2,1-3H3/t18-/m0/s1. The van der Waals surface area contributed by atoms with E-state index in [9.17, 15) is 9.59 Å². The van der Waals surface area contributed by atoms with Gasteiger partial charge in [0.1, 0.15) is 17.5 Å². The second-order valence-corrected chi connectivity index (χ2v) is 8.08. The van der Waals surface area contributed by atoms with E-state index < -0.39 is 0 Å². The van der Waals surface area contributed by atoms with Crippen LogP contribution >= 0.6 is 0 Å². The Morgan fingerprint density at radius 3 is 2.52 bits per heavy atom. The molecule has 0 radical (unpaired) electrons. The Kier molecular flexibility index (Phi) is 6.11. The van der Waals surface area contributed by atoms with Crippen LogP contribution in [0.5, 0.6) is 11.5 Å². The van der Waals surface area contributed by atoms with Crippen LogP contribution in [0.25, 0.3) is 0 Å². The average Bonchev–Trinajstić information content (AvgIpc) is 3.42. The number of nitrogens with zero attached hydrogens (tertiary/aromatic N) is 4. The number of benzene rings is 1. The molecule has 9 heteroatoms. The van der Waals surface area contributed by atoms with Gasteiger partial charge in [-0.25, -0.2) is 4.63 Å². The average molecular weight is 428 g/mol. The molecule has 2 aromatic rings. The van der Waals surface area contributed by atoms with Crippen molar-refractivity contribution in [2.45, 2.75) is 51.7 Å². The lowest BCUT2D eigenvalue weighted by atomic mass is 10.1. The van der Waals surface area contributed by atoms with Crippen molar-refractivity contribution < 1.29 is 23.7 Å². The number of hydrogen-bond donors (Lipinski definition) is 0. The molecular weight excluding hydrogens is 400 g/mol. The molecule has 2 aliphatic heterocycles. The summed E-state index contributed by atoms with van der Waals surface area (Å²) >= 11 is 0. The first kappa shape index (κ1) is 21.1. The van der Waals surface area contributed by atoms with Crippen LogP contribution in [0.2, 0.25) is 0 Å². The molecule has 9 nitrogen and oxygen atoms in total. The molecule has 1 aromatic carbocycles. The maximum Gasteiger partial charge on any atom is 0.254 e. The van der Waals surface area contributed by atoms with E-state index in [4.69, 9.17) is 14.1 Å². The van der Waals surface area contributed by atoms with Gasteiger partial charge in [0, 0.05) is 45.0 Å². The van der Waals surface area contributed by atoms with E-state index in [1.165, 1.54) is 0 Å². The number of aromatic nitrogens is 2. The number of ether oxygens (including phenoxy) is 2. The smallest absolute Gasteiger partial charge is 0.254 e. The van der Waals surface area contributed by atoms with E-state index in [1.807, 2.05) is 16.7 Å². The van der Waals surface area contributed by atoms with Gasteiger partial charge in [-0.2, -0.15) is 0 Å². The summed E-state index contributed by atoms with van der Waals surface area (Å²) in [6.07, 6.45) is 3.28. The van der Waals surface area contributed by atoms with Gasteiger partial charge in [0.15, 0.2) is 11.5 Å². The van der Waals surface area contributed by atoms with Gasteiger partial charge in [0.2, 0.25) is 5.91 Å². The lowest BCUT2D eigenvalue weighted by molar-refractivity contribution is -0.130. The molecule has 3 heterocycles. The van der Waals surface area contributed by atoms with Gasteiger partial charge in [-0.1, -0.05) is 10.3 Å². The number of carbonyl (C=O) groups excluding carboxylic acids is 2. The molecule has 2 fully saturated rings. The van der Waals surface area contributed by atoms with Crippen LogP contribution in [0.15, 0.2) is 22.8 Å². The summed E-state index contributed by atoms with van der Waals surface area (Å²) in [6.45, 7) is 5.45. The van der Waals surface area contributed by atoms with Crippen molar-refractivity contribution in [3.05, 3.63) is 35.2 Å². The SMILES string of the molecule is COc1cc(C(=O)N2CCC[C@H]2c2nonc2C)ccc1OC1CCN(C(C)=O)CC1. The Bertz CT molecular complexity index is 951. The number of hydrogen-bond acceptors (Lipinski definition) is 7. The Labute approximate surface area is 181 Å². The summed E-state index contributed by atoms with van der Waals surface area (Å²) in [5.74, 6) is 1.14. The predicted octanol–water partition coefficient (Wildman–Crippen LogP) is 2.75. The largest absolute Gasteiger partial charge is 0.493 e. The molecule has 1 aromatic heterocycles. The fraction of sp³-hybridized carbons (Fsp3) is 0.545. The molecule has 0 aliphatic carbocycles. The minimum absolute atomic E-state index is 0.0108. The fourth-order valence-electron chi connectivity index (χ4n) is 4.37. The van der Waals surface area contributed by atoms with Crippen LogP contribution in [0.3, 0.4) is 0 Å². The monoisotopic (exact) mass is 428 g/mol. The van der Waals surface area contributed by atoms with E-state index in [2.05, 4.69) is 10.3 Å². The second kappa shape index (κ2) is 8.95. The number of rotatable bonds is 5. The number of carbonyl (C=O) groups is 2. The van der Waals surface area contributed by atoms with Crippen LogP contribution < -0.4 is 9.47 Å². The number of aryl methyl sites for hydroxylation is 1. The third-order valence-electron chi connectivity index (χ3n) is 6.11. The Balaban J connectivity index is 1.47. The molecule has 0 spiro atoms. The van der Waals surface area contributed by atoms with Crippen molar-refractivity contribution in [3.8, 4) is 11.5 Å². The molecule has 0 unspecified atom stereocenters. The maximum atomic E-state index is 13.2. The Hall–Kier alpha value is -3.10. The zero-order valence-corrected chi connectivity index (χ0v) is 18.2. The summed E-state index contributed by atoms with van der Waals surface area (Å²) < 4.78 is 16.5. The highest BCUT2D eigenvalue weighted by Crippen LogP contribution is 2.35. The van der Waals surface area contributed by atoms with Crippen LogP contribution in [0.1, 0.15) is 60.4 Å². The number of likely N-dealkylation sites (tertiary alicyclic amines) is 2. The predicted molar refractivity (Wildman–Crippen MR) is 111 cm³/mol. The highest BCUT2D eigenvalue weighted by atomic mass is 16.6. The first-order valence-corrected chi connectivity index (χ1v) is 10.7. The molecule has 4 rings (SSSR count). The van der Waals surface area contributed by atoms with Crippen molar-refractivity contribution in [1.82, 2.24) is 20.1 Å². The van der Waals surface area contributed by atoms with E-state index in [1.54, 1.807) is 32.2 Å². The summed E-state index contributed by atoms with van der Waals surface area (Å²) in [6, 6.07) is 5.16. The van der Waals surface area contributed by atoms with E-state index in [-0.39, 0.29) is 24.0 Å². The van der Waals surface area contributed by atoms with Crippen LogP contribution in [-0.4, -0.2) is 64.8 Å². The maximum absolute atomic E-state index is 13.2. The van der Waals surface area contributed by atoms with E-state index in [0.717, 1.165) is 31.4 Å². The van der Waals surface area contributed by atoms with Crippen molar-refractivity contribution in [2.24, 2.45) is 0 Å². The third-order valence-corrected chi connectivity index (χ3v) is 6.11. The topological polar surface area (TPSA) is 98.0 Å². The highest BCUT2D eigenvalue weighted by molar-refractivity contribution is 5.95. The molecule has 1 atom stereocenters. The molecule has 0 bridgehead atoms. The first-order valence-electron chi connectivity index (χ1n) is 10.7. The minimum atomic E-state index is -0.132. The van der Waals surface area contributed by atoms with Gasteiger partial charge in [-0.3, -0.25) is 9.59 Å². The van der Waals surface area contributed by atoms with Crippen molar-refractivity contribution >= 4 is 11.8 Å². The van der Waals surface area contributed by atoms with Crippen LogP contribution in [0, 0.1) is 6.92 Å². The quantitative estimate of drug-likeness (QED) is 0.722. The van der Waals surface area contributed by atoms with Crippen LogP contribution in [0.4, 0.5) is 0 Å². The lowest BCUT2D eigenvalue weighted by Crippen LogP contribution is -2.40. The van der Waals surface area contributed by atoms with Gasteiger partial charge in [-0.05, 0) is 38.0 Å². The van der Waals surface area contributed by atoms with Gasteiger partial charge in [-0.15, -0.1) is 0 Å². The molecule has 2 aliphatic rings. The fourth-order valence-corrected chi connectivity index (χ4v) is 4.37. The van der Waals surface area contributed by atoms with E-state index >= 15 is 0 Å². The van der Waals surface area contributed by atoms with Gasteiger partial charge < -0.3 is 19.3 Å². The van der Waals surface area contributed by atoms with Crippen molar-refractivity contribution in [1.29, 1.82) is 0 Å². The number of amides is 2. The zero-order valence-electron chi connectivity index (χ0n) is 18.2. The lowest BCUT2D eigenvalue weighted by Gasteiger charge is -2.31. The molecule has 2 amide bonds. The summed E-state index contributed by atoms with van der Waals surface area (Å²) in [7, 11) is 1.57. The molecule has 0 N–H and O–H groups in total. The Morgan fingerprint density at radius 2 is 1.87 bits per heavy atom. The highest BCUT2D eigenvalue weighted by Gasteiger charge is 2.34. The van der Waals surface area contributed by atoms with Gasteiger partial charge in [0.25, 0.3) is 5.91 Å². The molecule has 166 valence electrons. The van der Waals surface area contributed by atoms with E-state index in [0.29, 0.717) is 42.4 Å². The number of piperidine rings is 1. The minimum Gasteiger partial charge on any atom is -0.493 e. The summed E-state index contributed by atoms with van der Waals surface area (Å²) in [5, 5.41) is 7.86. The molecular formula is C22H28N4O5. The Morgan fingerprint density at radius 1 is 1.10 bits per heavy atom. The van der Waals surface area contributed by atoms with Crippen molar-refractivity contribution in [3.63, 3.8) is 0 Å². The molecule has 2 saturated heterocycles. The number of methoxy groups -OCH3 is 1. The second-order valence-electron chi connectivity index (χ2n) is 8.08. The van der Waals surface area contributed by atoms with Gasteiger partial charge >= 0.3 is 0 Å². The first-order chi connectivity index (χ1) is 15.0. The molecule has 31 heavy (non-hydrogen) atoms.